The number of aromatic amines is 1. The number of aromatic nitrogens is 3. The summed E-state index contributed by atoms with van der Waals surface area (Å²) in [6.07, 6.45) is -4.80. The third-order valence-electron chi connectivity index (χ3n) is 4.72. The van der Waals surface area contributed by atoms with E-state index >= 15 is 0 Å². The van der Waals surface area contributed by atoms with Crippen LogP contribution < -0.4 is 11.2 Å². The van der Waals surface area contributed by atoms with Gasteiger partial charge in [-0.15, -0.1) is 0 Å². The number of hydrogen-bond acceptors (Lipinski definition) is 7. The van der Waals surface area contributed by atoms with Crippen molar-refractivity contribution in [3.63, 3.8) is 0 Å². The minimum Gasteiger partial charge on any atom is -0.394 e. The summed E-state index contributed by atoms with van der Waals surface area (Å²) in [6.45, 7) is 2.69. The van der Waals surface area contributed by atoms with E-state index in [1.807, 2.05) is 26.0 Å². The maximum atomic E-state index is 12.3. The van der Waals surface area contributed by atoms with Gasteiger partial charge < -0.3 is 20.4 Å². The van der Waals surface area contributed by atoms with E-state index in [1.54, 1.807) is 6.07 Å². The smallest absolute Gasteiger partial charge is 0.330 e. The zero-order valence-corrected chi connectivity index (χ0v) is 14.9. The number of benzene rings is 1. The van der Waals surface area contributed by atoms with Crippen molar-refractivity contribution in [2.75, 3.05) is 6.61 Å². The Hall–Kier alpha value is -2.59. The van der Waals surface area contributed by atoms with Crippen LogP contribution in [0.25, 0.3) is 21.9 Å². The van der Waals surface area contributed by atoms with Crippen LogP contribution >= 0.6 is 0 Å². The van der Waals surface area contributed by atoms with Gasteiger partial charge in [-0.25, -0.2) is 9.78 Å². The van der Waals surface area contributed by atoms with E-state index in [0.29, 0.717) is 5.52 Å². The number of nitrogens with one attached hydrogen (secondary N) is 1. The van der Waals surface area contributed by atoms with Gasteiger partial charge >= 0.3 is 5.69 Å². The van der Waals surface area contributed by atoms with Crippen LogP contribution in [0.5, 0.6) is 0 Å². The zero-order valence-electron chi connectivity index (χ0n) is 14.9. The molecule has 0 saturated carbocycles. The first-order valence-electron chi connectivity index (χ1n) is 8.42. The topological polar surface area (TPSA) is 149 Å². The maximum Gasteiger partial charge on any atom is 0.330 e. The van der Waals surface area contributed by atoms with Gasteiger partial charge in [0, 0.05) is 5.39 Å². The highest BCUT2D eigenvalue weighted by atomic mass is 16.4. The van der Waals surface area contributed by atoms with Crippen molar-refractivity contribution in [1.29, 1.82) is 0 Å². The van der Waals surface area contributed by atoms with Crippen molar-refractivity contribution in [2.24, 2.45) is 0 Å². The normalized spacial score (nSPS) is 15.2. The van der Waals surface area contributed by atoms with Crippen LogP contribution in [0.1, 0.15) is 11.1 Å². The lowest BCUT2D eigenvalue weighted by Gasteiger charge is -2.22. The Morgan fingerprint density at radius 2 is 1.74 bits per heavy atom. The van der Waals surface area contributed by atoms with Crippen LogP contribution in [0.4, 0.5) is 0 Å². The molecule has 2 aromatic heterocycles. The molecule has 2 heterocycles. The van der Waals surface area contributed by atoms with E-state index in [9.17, 15) is 24.9 Å². The molecule has 5 N–H and O–H groups in total. The Balaban J connectivity index is 2.20. The molecule has 0 aliphatic carbocycles. The fourth-order valence-corrected chi connectivity index (χ4v) is 2.96. The summed E-state index contributed by atoms with van der Waals surface area (Å²) < 4.78 is 1.03. The predicted molar refractivity (Wildman–Crippen MR) is 98.7 cm³/mol. The van der Waals surface area contributed by atoms with Crippen molar-refractivity contribution in [1.82, 2.24) is 14.5 Å². The standard InChI is InChI=1S/C18H21N3O6/c1-8-3-10-5-11-16(19-12(10)4-9(8)2)21(18(27)20-17(11)26)6-13(23)15(25)14(24)7-22/h3-5,13-15,22-25H,6-7H2,1-2H3,(H,20,26,27)/t13-,14+,15-/m0/s1. The maximum absolute atomic E-state index is 12.3. The summed E-state index contributed by atoms with van der Waals surface area (Å²) >= 11 is 0. The van der Waals surface area contributed by atoms with E-state index in [2.05, 4.69) is 9.97 Å². The lowest BCUT2D eigenvalue weighted by atomic mass is 10.1. The van der Waals surface area contributed by atoms with Crippen LogP contribution in [0.2, 0.25) is 0 Å². The van der Waals surface area contributed by atoms with Gasteiger partial charge in [0.1, 0.15) is 24.0 Å². The highest BCUT2D eigenvalue weighted by molar-refractivity contribution is 5.91. The lowest BCUT2D eigenvalue weighted by molar-refractivity contribution is -0.0806. The van der Waals surface area contributed by atoms with Gasteiger partial charge in [-0.2, -0.15) is 0 Å². The molecule has 3 rings (SSSR count). The minimum atomic E-state index is -1.67. The van der Waals surface area contributed by atoms with E-state index in [-0.39, 0.29) is 11.0 Å². The molecule has 0 bridgehead atoms. The zero-order chi connectivity index (χ0) is 19.9. The van der Waals surface area contributed by atoms with Gasteiger partial charge in [0.05, 0.1) is 24.1 Å². The molecular weight excluding hydrogens is 354 g/mol. The molecular formula is C18H21N3O6. The first-order valence-corrected chi connectivity index (χ1v) is 8.42. The quantitative estimate of drug-likeness (QED) is 0.357. The molecule has 3 aromatic rings. The molecule has 144 valence electrons. The van der Waals surface area contributed by atoms with Gasteiger partial charge in [0.25, 0.3) is 5.56 Å². The Labute approximate surface area is 153 Å². The number of aryl methyl sites for hydroxylation is 2. The summed E-state index contributed by atoms with van der Waals surface area (Å²) in [4.78, 5) is 31.1. The molecule has 0 spiro atoms. The molecule has 9 heteroatoms. The Morgan fingerprint density at radius 1 is 1.07 bits per heavy atom. The molecule has 1 aromatic carbocycles. The molecule has 0 fully saturated rings. The van der Waals surface area contributed by atoms with Crippen LogP contribution in [0, 0.1) is 13.8 Å². The number of H-pyrrole nitrogens is 1. The fraction of sp³-hybridized carbons (Fsp3) is 0.389. The van der Waals surface area contributed by atoms with E-state index in [1.165, 1.54) is 0 Å². The minimum absolute atomic E-state index is 0.0595. The Morgan fingerprint density at radius 3 is 2.41 bits per heavy atom. The summed E-state index contributed by atoms with van der Waals surface area (Å²) in [7, 11) is 0. The third kappa shape index (κ3) is 3.50. The first kappa shape index (κ1) is 19.2. The lowest BCUT2D eigenvalue weighted by Crippen LogP contribution is -2.44. The number of nitrogens with zero attached hydrogens (tertiary/aromatic N) is 2. The number of fused-ring (bicyclic) bond motifs is 2. The van der Waals surface area contributed by atoms with Crippen LogP contribution in [0.3, 0.4) is 0 Å². The third-order valence-corrected chi connectivity index (χ3v) is 4.72. The Bertz CT molecular complexity index is 1120. The molecule has 3 atom stereocenters. The molecule has 27 heavy (non-hydrogen) atoms. The summed E-state index contributed by atoms with van der Waals surface area (Å²) in [5.74, 6) is 0. The van der Waals surface area contributed by atoms with Gasteiger partial charge in [0.2, 0.25) is 0 Å². The molecule has 0 aliphatic rings. The van der Waals surface area contributed by atoms with Crippen LogP contribution in [-0.2, 0) is 6.54 Å². The highest BCUT2D eigenvalue weighted by Crippen LogP contribution is 2.21. The number of pyridine rings is 1. The van der Waals surface area contributed by atoms with Gasteiger partial charge in [-0.3, -0.25) is 14.3 Å². The Kier molecular flexibility index (Phi) is 5.11. The number of rotatable bonds is 5. The van der Waals surface area contributed by atoms with E-state index < -0.39 is 42.7 Å². The second kappa shape index (κ2) is 7.20. The fourth-order valence-electron chi connectivity index (χ4n) is 2.96. The average molecular weight is 375 g/mol. The van der Waals surface area contributed by atoms with Crippen molar-refractivity contribution < 1.29 is 20.4 Å². The average Bonchev–Trinajstić information content (AvgIpc) is 2.63. The van der Waals surface area contributed by atoms with Gasteiger partial charge in [-0.1, -0.05) is 0 Å². The van der Waals surface area contributed by atoms with Crippen LogP contribution in [0.15, 0.2) is 27.8 Å². The number of aliphatic hydroxyl groups is 4. The molecule has 9 nitrogen and oxygen atoms in total. The number of aliphatic hydroxyl groups excluding tert-OH is 4. The first-order chi connectivity index (χ1) is 12.7. The van der Waals surface area contributed by atoms with E-state index in [0.717, 1.165) is 21.1 Å². The molecule has 0 saturated heterocycles. The highest BCUT2D eigenvalue weighted by Gasteiger charge is 2.25. The monoisotopic (exact) mass is 375 g/mol. The SMILES string of the molecule is Cc1cc2cc3c(=O)[nH]c(=O)n(C[C@H](O)[C@H](O)[C@H](O)CO)c3nc2cc1C. The largest absolute Gasteiger partial charge is 0.394 e. The van der Waals surface area contributed by atoms with Crippen molar-refractivity contribution in [3.05, 3.63) is 50.2 Å². The molecule has 0 unspecified atom stereocenters. The second-order valence-electron chi connectivity index (χ2n) is 6.67. The molecule has 0 aliphatic heterocycles. The van der Waals surface area contributed by atoms with Crippen molar-refractivity contribution >= 4 is 21.9 Å². The molecule has 0 radical (unpaired) electrons. The van der Waals surface area contributed by atoms with Gasteiger partial charge in [0.15, 0.2) is 0 Å². The van der Waals surface area contributed by atoms with Crippen molar-refractivity contribution in [3.8, 4) is 0 Å². The second-order valence-corrected chi connectivity index (χ2v) is 6.67. The van der Waals surface area contributed by atoms with E-state index in [4.69, 9.17) is 5.11 Å². The number of hydrogen-bond donors (Lipinski definition) is 5. The summed E-state index contributed by atoms with van der Waals surface area (Å²) in [5.41, 5.74) is 1.26. The summed E-state index contributed by atoms with van der Waals surface area (Å²) in [6, 6.07) is 5.34. The van der Waals surface area contributed by atoms with Crippen molar-refractivity contribution in [2.45, 2.75) is 38.7 Å². The predicted octanol–water partition coefficient (Wildman–Crippen LogP) is -1.07. The van der Waals surface area contributed by atoms with Crippen LogP contribution in [-0.4, -0.2) is 59.9 Å². The van der Waals surface area contributed by atoms with Gasteiger partial charge in [-0.05, 0) is 43.2 Å². The molecule has 0 amide bonds. The summed E-state index contributed by atoms with van der Waals surface area (Å²) in [5, 5.41) is 39.2.